The Morgan fingerprint density at radius 1 is 1.10 bits per heavy atom. The molecule has 0 fully saturated rings. The van der Waals surface area contributed by atoms with E-state index in [0.29, 0.717) is 17.9 Å². The number of pyridine rings is 1. The molecule has 0 aliphatic heterocycles. The highest BCUT2D eigenvalue weighted by Crippen LogP contribution is 2.14. The van der Waals surface area contributed by atoms with Crippen molar-refractivity contribution in [3.05, 3.63) is 100 Å². The van der Waals surface area contributed by atoms with E-state index in [1.54, 1.807) is 16.8 Å². The van der Waals surface area contributed by atoms with Crippen LogP contribution in [0.2, 0.25) is 0 Å². The third-order valence-corrected chi connectivity index (χ3v) is 4.79. The Labute approximate surface area is 167 Å². The lowest BCUT2D eigenvalue weighted by molar-refractivity contribution is 0.0950. The predicted molar refractivity (Wildman–Crippen MR) is 112 cm³/mol. The number of benzene rings is 2. The predicted octanol–water partition coefficient (Wildman–Crippen LogP) is 3.38. The van der Waals surface area contributed by atoms with Gasteiger partial charge in [0.1, 0.15) is 6.61 Å². The van der Waals surface area contributed by atoms with E-state index in [-0.39, 0.29) is 23.6 Å². The minimum absolute atomic E-state index is 0.196. The van der Waals surface area contributed by atoms with E-state index in [2.05, 4.69) is 10.3 Å². The van der Waals surface area contributed by atoms with Gasteiger partial charge in [-0.2, -0.15) is 0 Å². The second kappa shape index (κ2) is 8.06. The number of H-pyrrole nitrogens is 1. The highest BCUT2D eigenvalue weighted by Gasteiger charge is 2.10. The molecule has 2 aromatic heterocycles. The molecule has 2 heterocycles. The van der Waals surface area contributed by atoms with Crippen LogP contribution in [-0.4, -0.2) is 15.5 Å². The number of carbonyl (C=O) groups excluding carboxylic acids is 1. The van der Waals surface area contributed by atoms with Gasteiger partial charge in [-0.05, 0) is 29.1 Å². The zero-order valence-electron chi connectivity index (χ0n) is 16.0. The molecule has 4 rings (SSSR count). The van der Waals surface area contributed by atoms with Crippen LogP contribution in [-0.2, 0) is 20.2 Å². The average molecular weight is 387 g/mol. The molecule has 146 valence electrons. The number of aromatic amines is 1. The smallest absolute Gasteiger partial charge is 0.251 e. The molecule has 4 aromatic rings. The number of hydrogen-bond donors (Lipinski definition) is 2. The lowest BCUT2D eigenvalue weighted by atomic mass is 10.1. The van der Waals surface area contributed by atoms with Gasteiger partial charge < -0.3 is 19.6 Å². The summed E-state index contributed by atoms with van der Waals surface area (Å²) in [5.74, 6) is 0.0852. The van der Waals surface area contributed by atoms with Crippen LogP contribution in [0.15, 0.2) is 77.9 Å². The van der Waals surface area contributed by atoms with E-state index in [4.69, 9.17) is 4.74 Å². The molecule has 29 heavy (non-hydrogen) atoms. The molecule has 6 nitrogen and oxygen atoms in total. The zero-order chi connectivity index (χ0) is 20.2. The van der Waals surface area contributed by atoms with Gasteiger partial charge in [-0.1, -0.05) is 36.4 Å². The van der Waals surface area contributed by atoms with Crippen LogP contribution >= 0.6 is 0 Å². The molecule has 0 radical (unpaired) electrons. The fourth-order valence-corrected chi connectivity index (χ4v) is 3.13. The lowest BCUT2D eigenvalue weighted by Gasteiger charge is -2.13. The Kier molecular flexibility index (Phi) is 5.16. The molecule has 0 spiro atoms. The minimum atomic E-state index is -0.212. The standard InChI is InChI=1S/C23H21N3O3/c1-26-14-22(29-15-16-5-3-2-4-6-16)21(27)12-19(26)13-25-23(28)18-8-7-17-9-10-24-20(17)11-18/h2-12,14,24H,13,15H2,1H3,(H,25,28). The van der Waals surface area contributed by atoms with Crippen LogP contribution < -0.4 is 15.5 Å². The summed E-state index contributed by atoms with van der Waals surface area (Å²) in [4.78, 5) is 28.0. The van der Waals surface area contributed by atoms with Crippen molar-refractivity contribution in [2.45, 2.75) is 13.2 Å². The molecule has 0 saturated heterocycles. The van der Waals surface area contributed by atoms with Gasteiger partial charge in [0.05, 0.1) is 12.7 Å². The first-order valence-corrected chi connectivity index (χ1v) is 9.32. The number of nitrogens with zero attached hydrogens (tertiary/aromatic N) is 1. The number of fused-ring (bicyclic) bond motifs is 1. The van der Waals surface area contributed by atoms with Gasteiger partial charge in [0.2, 0.25) is 5.43 Å². The van der Waals surface area contributed by atoms with Crippen LogP contribution in [0.3, 0.4) is 0 Å². The summed E-state index contributed by atoms with van der Waals surface area (Å²) in [5, 5.41) is 3.92. The highest BCUT2D eigenvalue weighted by atomic mass is 16.5. The first-order chi connectivity index (χ1) is 14.1. The number of nitrogens with one attached hydrogen (secondary N) is 2. The van der Waals surface area contributed by atoms with Crippen molar-refractivity contribution in [2.24, 2.45) is 7.05 Å². The van der Waals surface area contributed by atoms with E-state index in [0.717, 1.165) is 16.5 Å². The summed E-state index contributed by atoms with van der Waals surface area (Å²) in [6.45, 7) is 0.569. The first-order valence-electron chi connectivity index (χ1n) is 9.32. The summed E-state index contributed by atoms with van der Waals surface area (Å²) in [7, 11) is 1.82. The summed E-state index contributed by atoms with van der Waals surface area (Å²) in [5.41, 5.74) is 2.94. The maximum Gasteiger partial charge on any atom is 0.251 e. The third-order valence-electron chi connectivity index (χ3n) is 4.79. The highest BCUT2D eigenvalue weighted by molar-refractivity contribution is 5.97. The van der Waals surface area contributed by atoms with Crippen molar-refractivity contribution >= 4 is 16.8 Å². The Hall–Kier alpha value is -3.80. The lowest BCUT2D eigenvalue weighted by Crippen LogP contribution is -2.25. The van der Waals surface area contributed by atoms with Gasteiger partial charge in [-0.15, -0.1) is 0 Å². The molecule has 0 aliphatic rings. The van der Waals surface area contributed by atoms with Crippen LogP contribution in [0.5, 0.6) is 5.75 Å². The number of aromatic nitrogens is 2. The minimum Gasteiger partial charge on any atom is -0.483 e. The first kappa shape index (κ1) is 18.6. The van der Waals surface area contributed by atoms with Crippen molar-refractivity contribution in [3.63, 3.8) is 0 Å². The van der Waals surface area contributed by atoms with E-state index in [1.807, 2.05) is 61.8 Å². The second-order valence-electron chi connectivity index (χ2n) is 6.84. The number of rotatable bonds is 6. The molecule has 0 aliphatic carbocycles. The summed E-state index contributed by atoms with van der Waals surface area (Å²) in [6, 6.07) is 18.6. The quantitative estimate of drug-likeness (QED) is 0.533. The third kappa shape index (κ3) is 4.21. The molecular weight excluding hydrogens is 366 g/mol. The van der Waals surface area contributed by atoms with Crippen LogP contribution in [0, 0.1) is 0 Å². The molecule has 0 unspecified atom stereocenters. The Balaban J connectivity index is 1.42. The number of amides is 1. The molecule has 0 bridgehead atoms. The zero-order valence-corrected chi connectivity index (χ0v) is 16.0. The van der Waals surface area contributed by atoms with Crippen LogP contribution in [0.1, 0.15) is 21.6 Å². The number of aryl methyl sites for hydroxylation is 1. The van der Waals surface area contributed by atoms with Gasteiger partial charge in [0.25, 0.3) is 5.91 Å². The molecule has 0 saturated carbocycles. The van der Waals surface area contributed by atoms with E-state index < -0.39 is 0 Å². The molecule has 2 aromatic carbocycles. The normalized spacial score (nSPS) is 10.8. The Bertz CT molecular complexity index is 1210. The molecule has 1 amide bonds. The molecule has 6 heteroatoms. The van der Waals surface area contributed by atoms with Crippen molar-refractivity contribution in [1.29, 1.82) is 0 Å². The fraction of sp³-hybridized carbons (Fsp3) is 0.130. The van der Waals surface area contributed by atoms with Crippen molar-refractivity contribution < 1.29 is 9.53 Å². The van der Waals surface area contributed by atoms with Crippen molar-refractivity contribution in [2.75, 3.05) is 0 Å². The maximum atomic E-state index is 12.5. The summed E-state index contributed by atoms with van der Waals surface area (Å²) in [6.07, 6.45) is 3.49. The van der Waals surface area contributed by atoms with Gasteiger partial charge in [-0.25, -0.2) is 0 Å². The number of hydrogen-bond acceptors (Lipinski definition) is 3. The Morgan fingerprint density at radius 3 is 2.76 bits per heavy atom. The van der Waals surface area contributed by atoms with Gasteiger partial charge in [0, 0.05) is 36.1 Å². The second-order valence-corrected chi connectivity index (χ2v) is 6.84. The monoisotopic (exact) mass is 387 g/mol. The van der Waals surface area contributed by atoms with Crippen LogP contribution in [0.4, 0.5) is 0 Å². The molecular formula is C23H21N3O3. The van der Waals surface area contributed by atoms with Gasteiger partial charge >= 0.3 is 0 Å². The average Bonchev–Trinajstić information content (AvgIpc) is 3.21. The van der Waals surface area contributed by atoms with E-state index in [9.17, 15) is 9.59 Å². The largest absolute Gasteiger partial charge is 0.483 e. The van der Waals surface area contributed by atoms with Crippen LogP contribution in [0.25, 0.3) is 10.9 Å². The number of carbonyl (C=O) groups is 1. The number of ether oxygens (including phenoxy) is 1. The van der Waals surface area contributed by atoms with Gasteiger partial charge in [0.15, 0.2) is 5.75 Å². The summed E-state index contributed by atoms with van der Waals surface area (Å²) < 4.78 is 7.45. The Morgan fingerprint density at radius 2 is 1.93 bits per heavy atom. The van der Waals surface area contributed by atoms with Gasteiger partial charge in [-0.3, -0.25) is 9.59 Å². The van der Waals surface area contributed by atoms with Crippen molar-refractivity contribution in [3.8, 4) is 5.75 Å². The maximum absolute atomic E-state index is 12.5. The fourth-order valence-electron chi connectivity index (χ4n) is 3.13. The van der Waals surface area contributed by atoms with E-state index >= 15 is 0 Å². The van der Waals surface area contributed by atoms with E-state index in [1.165, 1.54) is 6.07 Å². The molecule has 0 atom stereocenters. The van der Waals surface area contributed by atoms with Crippen molar-refractivity contribution in [1.82, 2.24) is 14.9 Å². The topological polar surface area (TPSA) is 76.1 Å². The molecule has 2 N–H and O–H groups in total. The SMILES string of the molecule is Cn1cc(OCc2ccccc2)c(=O)cc1CNC(=O)c1ccc2cc[nH]c2c1. The summed E-state index contributed by atoms with van der Waals surface area (Å²) >= 11 is 0.